The van der Waals surface area contributed by atoms with E-state index in [1.807, 2.05) is 42.5 Å². The van der Waals surface area contributed by atoms with Crippen LogP contribution in [0.1, 0.15) is 21.9 Å². The van der Waals surface area contributed by atoms with E-state index >= 15 is 0 Å². The Bertz CT molecular complexity index is 3780. The fourth-order valence-electron chi connectivity index (χ4n) is 6.70. The summed E-state index contributed by atoms with van der Waals surface area (Å²) in [4.78, 5) is 1.62. The smallest absolute Gasteiger partial charge is 0.136 e. The predicted molar refractivity (Wildman–Crippen MR) is 228 cm³/mol. The van der Waals surface area contributed by atoms with Gasteiger partial charge in [-0.15, -0.1) is 0 Å². The molecule has 0 aliphatic carbocycles. The standard InChI is InChI=1S/C52H35NO/c1-3-11-36(12-4-1)38-25-30-44(31-26-38)53(49-17-9-7-15-46(49)41-13-5-2-6-14-41)45-32-27-39(28-33-45)37-19-21-40(22-20-37)43-24-23-42-29-34-51-52(48(42)35-43)47-16-8-10-18-50(47)54-51/h1-35H/i1D,3D,4D,8D,10D,11D,12D,16D,18D,27D,28D,29D,32D,33D,34D,35D. The summed E-state index contributed by atoms with van der Waals surface area (Å²) in [6.45, 7) is 0. The van der Waals surface area contributed by atoms with Gasteiger partial charge in [-0.25, -0.2) is 0 Å². The van der Waals surface area contributed by atoms with Gasteiger partial charge in [0.15, 0.2) is 0 Å². The Balaban J connectivity index is 1.11. The maximum Gasteiger partial charge on any atom is 0.136 e. The first kappa shape index (κ1) is 19.1. The van der Waals surface area contributed by atoms with Crippen molar-refractivity contribution < 1.29 is 26.3 Å². The molecule has 1 heterocycles. The highest BCUT2D eigenvalue weighted by Gasteiger charge is 2.18. The van der Waals surface area contributed by atoms with Crippen LogP contribution in [-0.2, 0) is 0 Å². The van der Waals surface area contributed by atoms with Crippen LogP contribution in [0.3, 0.4) is 0 Å². The van der Waals surface area contributed by atoms with Crippen LogP contribution in [0.2, 0.25) is 0 Å². The minimum Gasteiger partial charge on any atom is -0.456 e. The van der Waals surface area contributed by atoms with E-state index in [2.05, 4.69) is 0 Å². The van der Waals surface area contributed by atoms with E-state index in [1.54, 1.807) is 77.7 Å². The second-order valence-electron chi connectivity index (χ2n) is 12.5. The molecular formula is C52H35NO. The van der Waals surface area contributed by atoms with Crippen molar-refractivity contribution in [2.45, 2.75) is 0 Å². The second-order valence-corrected chi connectivity index (χ2v) is 12.5. The monoisotopic (exact) mass is 705 g/mol. The first-order valence-electron chi connectivity index (χ1n) is 25.1. The molecule has 0 fully saturated rings. The van der Waals surface area contributed by atoms with Gasteiger partial charge in [0.25, 0.3) is 0 Å². The summed E-state index contributed by atoms with van der Waals surface area (Å²) >= 11 is 0. The number of furan rings is 1. The molecule has 0 aliphatic rings. The van der Waals surface area contributed by atoms with Crippen molar-refractivity contribution in [3.05, 3.63) is 212 Å². The predicted octanol–water partition coefficient (Wildman–Crippen LogP) is 14.9. The molecule has 0 bridgehead atoms. The van der Waals surface area contributed by atoms with E-state index in [4.69, 9.17) is 19.5 Å². The summed E-state index contributed by atoms with van der Waals surface area (Å²) < 4.78 is 146. The number of hydrogen-bond donors (Lipinski definition) is 0. The third kappa shape index (κ3) is 5.71. The van der Waals surface area contributed by atoms with Crippen LogP contribution in [0.15, 0.2) is 216 Å². The molecule has 0 N–H and O–H groups in total. The van der Waals surface area contributed by atoms with Gasteiger partial charge in [0, 0.05) is 27.7 Å². The molecule has 0 spiro atoms. The Labute approximate surface area is 337 Å². The van der Waals surface area contributed by atoms with Crippen LogP contribution in [0.25, 0.3) is 77.2 Å². The molecule has 254 valence electrons. The second kappa shape index (κ2) is 13.4. The highest BCUT2D eigenvalue weighted by atomic mass is 16.3. The summed E-state index contributed by atoms with van der Waals surface area (Å²) in [5, 5.41) is 0.501. The van der Waals surface area contributed by atoms with Gasteiger partial charge in [0.2, 0.25) is 0 Å². The number of rotatable bonds is 7. The highest BCUT2D eigenvalue weighted by Crippen LogP contribution is 2.42. The quantitative estimate of drug-likeness (QED) is 0.164. The van der Waals surface area contributed by atoms with Crippen LogP contribution in [-0.4, -0.2) is 0 Å². The first-order chi connectivity index (χ1) is 33.4. The number of anilines is 3. The summed E-state index contributed by atoms with van der Waals surface area (Å²) in [6.07, 6.45) is 0. The fraction of sp³-hybridized carbons (Fsp3) is 0. The van der Waals surface area contributed by atoms with Gasteiger partial charge in [0.05, 0.1) is 27.6 Å². The van der Waals surface area contributed by atoms with Gasteiger partial charge in [-0.1, -0.05) is 164 Å². The molecule has 2 nitrogen and oxygen atoms in total. The summed E-state index contributed by atoms with van der Waals surface area (Å²) in [5.74, 6) is 0. The fourth-order valence-corrected chi connectivity index (χ4v) is 6.70. The molecule has 1 aromatic heterocycles. The molecule has 0 aliphatic heterocycles. The Hall–Kier alpha value is -7.16. The average Bonchev–Trinajstić information content (AvgIpc) is 3.78. The maximum atomic E-state index is 9.55. The molecule has 0 saturated heterocycles. The van der Waals surface area contributed by atoms with Crippen molar-refractivity contribution in [3.63, 3.8) is 0 Å². The van der Waals surface area contributed by atoms with E-state index in [9.17, 15) is 6.85 Å². The lowest BCUT2D eigenvalue weighted by molar-refractivity contribution is 0.669. The van der Waals surface area contributed by atoms with E-state index in [-0.39, 0.29) is 104 Å². The van der Waals surface area contributed by atoms with Crippen LogP contribution in [0, 0.1) is 0 Å². The molecule has 10 rings (SSSR count). The summed E-state index contributed by atoms with van der Waals surface area (Å²) in [6, 6.07) is 26.8. The summed E-state index contributed by atoms with van der Waals surface area (Å²) in [7, 11) is 0. The van der Waals surface area contributed by atoms with Gasteiger partial charge in [-0.3, -0.25) is 0 Å². The molecule has 9 aromatic carbocycles. The average molecular weight is 706 g/mol. The van der Waals surface area contributed by atoms with Crippen molar-refractivity contribution in [3.8, 4) is 44.5 Å². The van der Waals surface area contributed by atoms with Crippen LogP contribution in [0.4, 0.5) is 17.1 Å². The van der Waals surface area contributed by atoms with Crippen LogP contribution >= 0.6 is 0 Å². The van der Waals surface area contributed by atoms with Crippen molar-refractivity contribution >= 4 is 49.8 Å². The lowest BCUT2D eigenvalue weighted by atomic mass is 9.96. The molecule has 10 aromatic rings. The van der Waals surface area contributed by atoms with Crippen molar-refractivity contribution in [1.29, 1.82) is 0 Å². The zero-order chi connectivity index (χ0) is 49.8. The number of hydrogen-bond acceptors (Lipinski definition) is 2. The van der Waals surface area contributed by atoms with Crippen molar-refractivity contribution in [2.24, 2.45) is 0 Å². The van der Waals surface area contributed by atoms with Gasteiger partial charge >= 0.3 is 0 Å². The molecule has 54 heavy (non-hydrogen) atoms. The topological polar surface area (TPSA) is 16.4 Å². The van der Waals surface area contributed by atoms with Crippen molar-refractivity contribution in [1.82, 2.24) is 0 Å². The molecule has 0 atom stereocenters. The number of fused-ring (bicyclic) bond motifs is 5. The van der Waals surface area contributed by atoms with Gasteiger partial charge < -0.3 is 9.32 Å². The van der Waals surface area contributed by atoms with E-state index in [0.717, 1.165) is 5.56 Å². The van der Waals surface area contributed by atoms with Gasteiger partial charge in [0.1, 0.15) is 11.2 Å². The van der Waals surface area contributed by atoms with Gasteiger partial charge in [-0.2, -0.15) is 0 Å². The summed E-state index contributed by atoms with van der Waals surface area (Å²) in [5.41, 5.74) is 3.58. The highest BCUT2D eigenvalue weighted by molar-refractivity contribution is 6.19. The molecule has 0 amide bonds. The molecule has 2 heteroatoms. The van der Waals surface area contributed by atoms with E-state index < -0.39 is 42.3 Å². The largest absolute Gasteiger partial charge is 0.456 e. The first-order valence-corrected chi connectivity index (χ1v) is 17.1. The number of benzene rings is 9. The molecular weight excluding hydrogens is 655 g/mol. The Morgan fingerprint density at radius 3 is 1.80 bits per heavy atom. The Kier molecular flexibility index (Phi) is 4.74. The maximum absolute atomic E-state index is 9.55. The Morgan fingerprint density at radius 2 is 1.02 bits per heavy atom. The van der Waals surface area contributed by atoms with Gasteiger partial charge in [-0.05, 0) is 98.1 Å². The minimum atomic E-state index is -0.518. The van der Waals surface area contributed by atoms with Crippen molar-refractivity contribution in [2.75, 3.05) is 4.90 Å². The SMILES string of the molecule is [2H]c1c([2H])c([2H])c(-c2ccc(N(c3ccccc3-c3ccccc3)c3c([2H])c([2H])c(-c4ccc(-c5ccc6c([2H])c([2H])c7oc8c([2H])c([2H])c([2H])c([2H])c8c7c6c5[2H])cc4)c([2H])c3[2H])cc2)c([2H])c1[2H]. The third-order valence-electron chi connectivity index (χ3n) is 9.30. The third-order valence-corrected chi connectivity index (χ3v) is 9.30. The zero-order valence-electron chi connectivity index (χ0n) is 44.3. The number of para-hydroxylation sites is 2. The van der Waals surface area contributed by atoms with Crippen LogP contribution < -0.4 is 4.90 Å². The molecule has 0 radical (unpaired) electrons. The van der Waals surface area contributed by atoms with Crippen LogP contribution in [0.5, 0.6) is 0 Å². The molecule has 0 unspecified atom stereocenters. The molecule has 0 saturated carbocycles. The normalized spacial score (nSPS) is 15.5. The van der Waals surface area contributed by atoms with E-state index in [0.29, 0.717) is 39.2 Å². The lowest BCUT2D eigenvalue weighted by Crippen LogP contribution is -2.11. The number of nitrogens with zero attached hydrogens (tertiary/aromatic N) is 1. The lowest BCUT2D eigenvalue weighted by Gasteiger charge is -2.28. The minimum absolute atomic E-state index is 0.0000184. The Morgan fingerprint density at radius 1 is 0.389 bits per heavy atom. The zero-order valence-corrected chi connectivity index (χ0v) is 28.3. The van der Waals surface area contributed by atoms with E-state index in [1.165, 1.54) is 0 Å².